The van der Waals surface area contributed by atoms with Crippen molar-refractivity contribution in [3.8, 4) is 0 Å². The fraction of sp³-hybridized carbons (Fsp3) is 0.0714. The molecule has 0 radical (unpaired) electrons. The van der Waals surface area contributed by atoms with Crippen LogP contribution in [0.5, 0.6) is 0 Å². The number of anilines is 1. The number of carbonyl (C=O) groups excluding carboxylic acids is 1. The topological polar surface area (TPSA) is 89.3 Å². The highest BCUT2D eigenvalue weighted by Crippen LogP contribution is 2.23. The Labute approximate surface area is 127 Å². The minimum absolute atomic E-state index is 0.0794. The monoisotopic (exact) mass is 324 g/mol. The first-order valence-corrected chi connectivity index (χ1v) is 7.85. The van der Waals surface area contributed by atoms with E-state index in [1.54, 1.807) is 19.1 Å². The van der Waals surface area contributed by atoms with Crippen molar-refractivity contribution in [1.29, 1.82) is 0 Å². The van der Waals surface area contributed by atoms with E-state index in [-0.39, 0.29) is 10.5 Å². The molecule has 3 N–H and O–H groups in total. The first kappa shape index (κ1) is 15.3. The van der Waals surface area contributed by atoms with Gasteiger partial charge in [0.05, 0.1) is 10.6 Å². The summed E-state index contributed by atoms with van der Waals surface area (Å²) in [6, 6.07) is 10.4. The van der Waals surface area contributed by atoms with Gasteiger partial charge in [-0.05, 0) is 48.9 Å². The van der Waals surface area contributed by atoms with Crippen LogP contribution in [0.3, 0.4) is 0 Å². The summed E-state index contributed by atoms with van der Waals surface area (Å²) in [5, 5.41) is 0.445. The molecule has 0 aliphatic heterocycles. The van der Waals surface area contributed by atoms with Crippen molar-refractivity contribution in [2.24, 2.45) is 5.73 Å². The van der Waals surface area contributed by atoms with Gasteiger partial charge >= 0.3 is 0 Å². The van der Waals surface area contributed by atoms with E-state index in [4.69, 9.17) is 17.3 Å². The standard InChI is InChI=1S/C14H13ClN2O3S/c1-9-12(14(16)18)3-2-4-13(9)17-21(19,20)11-7-5-10(15)6-8-11/h2-8,17H,1H3,(H2,16,18). The van der Waals surface area contributed by atoms with Gasteiger partial charge in [-0.15, -0.1) is 0 Å². The number of amides is 1. The van der Waals surface area contributed by atoms with E-state index in [1.165, 1.54) is 30.3 Å². The SMILES string of the molecule is Cc1c(NS(=O)(=O)c2ccc(Cl)cc2)cccc1C(N)=O. The number of primary amides is 1. The van der Waals surface area contributed by atoms with Crippen LogP contribution in [0.2, 0.25) is 5.02 Å². The Morgan fingerprint density at radius 2 is 1.76 bits per heavy atom. The Bertz CT molecular complexity index is 786. The molecule has 0 unspecified atom stereocenters. The van der Waals surface area contributed by atoms with Crippen LogP contribution in [0.25, 0.3) is 0 Å². The van der Waals surface area contributed by atoms with E-state index in [1.807, 2.05) is 0 Å². The van der Waals surface area contributed by atoms with Gasteiger partial charge in [-0.1, -0.05) is 17.7 Å². The molecule has 0 spiro atoms. The molecule has 2 aromatic carbocycles. The Balaban J connectivity index is 2.39. The van der Waals surface area contributed by atoms with Crippen molar-refractivity contribution >= 4 is 33.2 Å². The van der Waals surface area contributed by atoms with Crippen molar-refractivity contribution in [1.82, 2.24) is 0 Å². The average molecular weight is 325 g/mol. The van der Waals surface area contributed by atoms with Gasteiger partial charge in [0.15, 0.2) is 0 Å². The van der Waals surface area contributed by atoms with Gasteiger partial charge in [-0.25, -0.2) is 8.42 Å². The van der Waals surface area contributed by atoms with E-state index >= 15 is 0 Å². The van der Waals surface area contributed by atoms with E-state index in [2.05, 4.69) is 4.72 Å². The van der Waals surface area contributed by atoms with Crippen molar-refractivity contribution in [3.05, 3.63) is 58.6 Å². The maximum absolute atomic E-state index is 12.3. The van der Waals surface area contributed by atoms with E-state index in [0.29, 0.717) is 16.3 Å². The predicted octanol–water partition coefficient (Wildman–Crippen LogP) is 2.55. The zero-order valence-electron chi connectivity index (χ0n) is 11.1. The maximum atomic E-state index is 12.3. The summed E-state index contributed by atoms with van der Waals surface area (Å²) in [6.07, 6.45) is 0. The van der Waals surface area contributed by atoms with Gasteiger partial charge in [-0.2, -0.15) is 0 Å². The van der Waals surface area contributed by atoms with Gasteiger partial charge < -0.3 is 5.73 Å². The third kappa shape index (κ3) is 3.34. The molecule has 0 bridgehead atoms. The number of benzene rings is 2. The summed E-state index contributed by atoms with van der Waals surface area (Å²) in [7, 11) is -3.76. The third-order valence-corrected chi connectivity index (χ3v) is 4.60. The molecule has 2 rings (SSSR count). The smallest absolute Gasteiger partial charge is 0.261 e. The lowest BCUT2D eigenvalue weighted by molar-refractivity contribution is 0.0999. The number of hydrogen-bond donors (Lipinski definition) is 2. The summed E-state index contributed by atoms with van der Waals surface area (Å²) in [5.41, 5.74) is 6.30. The summed E-state index contributed by atoms with van der Waals surface area (Å²) < 4.78 is 27.0. The second-order valence-corrected chi connectivity index (χ2v) is 6.52. The molecule has 0 saturated heterocycles. The minimum atomic E-state index is -3.76. The molecular formula is C14H13ClN2O3S. The lowest BCUT2D eigenvalue weighted by Crippen LogP contribution is -2.17. The van der Waals surface area contributed by atoms with Crippen LogP contribution in [0.1, 0.15) is 15.9 Å². The Kier molecular flexibility index (Phi) is 4.20. The number of sulfonamides is 1. The Morgan fingerprint density at radius 3 is 2.33 bits per heavy atom. The quantitative estimate of drug-likeness (QED) is 0.905. The first-order chi connectivity index (χ1) is 9.81. The minimum Gasteiger partial charge on any atom is -0.366 e. The van der Waals surface area contributed by atoms with Crippen LogP contribution in [0, 0.1) is 6.92 Å². The second kappa shape index (κ2) is 5.75. The number of hydrogen-bond acceptors (Lipinski definition) is 3. The van der Waals surface area contributed by atoms with E-state index < -0.39 is 15.9 Å². The lowest BCUT2D eigenvalue weighted by Gasteiger charge is -2.12. The van der Waals surface area contributed by atoms with Crippen LogP contribution < -0.4 is 10.5 Å². The molecule has 1 amide bonds. The zero-order valence-corrected chi connectivity index (χ0v) is 12.7. The number of nitrogens with one attached hydrogen (secondary N) is 1. The normalized spacial score (nSPS) is 11.1. The summed E-state index contributed by atoms with van der Waals surface area (Å²) in [4.78, 5) is 11.4. The highest BCUT2D eigenvalue weighted by Gasteiger charge is 2.17. The number of carbonyl (C=O) groups is 1. The molecule has 0 atom stereocenters. The van der Waals surface area contributed by atoms with Crippen molar-refractivity contribution in [2.45, 2.75) is 11.8 Å². The average Bonchev–Trinajstić information content (AvgIpc) is 2.41. The summed E-state index contributed by atoms with van der Waals surface area (Å²) in [6.45, 7) is 1.62. The van der Waals surface area contributed by atoms with Gasteiger partial charge in [0.25, 0.3) is 10.0 Å². The molecular weight excluding hydrogens is 312 g/mol. The van der Waals surface area contributed by atoms with Crippen LogP contribution in [-0.2, 0) is 10.0 Å². The van der Waals surface area contributed by atoms with Crippen LogP contribution in [-0.4, -0.2) is 14.3 Å². The summed E-state index contributed by atoms with van der Waals surface area (Å²) >= 11 is 5.74. The largest absolute Gasteiger partial charge is 0.366 e. The fourth-order valence-electron chi connectivity index (χ4n) is 1.83. The van der Waals surface area contributed by atoms with Crippen molar-refractivity contribution in [3.63, 3.8) is 0 Å². The highest BCUT2D eigenvalue weighted by atomic mass is 35.5. The molecule has 2 aromatic rings. The van der Waals surface area contributed by atoms with Gasteiger partial charge in [0.1, 0.15) is 0 Å². The highest BCUT2D eigenvalue weighted by molar-refractivity contribution is 7.92. The molecule has 110 valence electrons. The number of rotatable bonds is 4. The molecule has 5 nitrogen and oxygen atoms in total. The molecule has 0 saturated carbocycles. The zero-order chi connectivity index (χ0) is 15.6. The maximum Gasteiger partial charge on any atom is 0.261 e. The molecule has 0 heterocycles. The second-order valence-electron chi connectivity index (χ2n) is 4.40. The third-order valence-electron chi connectivity index (χ3n) is 2.97. The molecule has 0 aliphatic rings. The molecule has 7 heteroatoms. The van der Waals surface area contributed by atoms with Crippen LogP contribution in [0.4, 0.5) is 5.69 Å². The molecule has 0 fully saturated rings. The summed E-state index contributed by atoms with van der Waals surface area (Å²) in [5.74, 6) is -0.611. The van der Waals surface area contributed by atoms with Crippen LogP contribution in [0.15, 0.2) is 47.4 Å². The first-order valence-electron chi connectivity index (χ1n) is 5.99. The van der Waals surface area contributed by atoms with Gasteiger partial charge in [0.2, 0.25) is 5.91 Å². The molecule has 0 aliphatic carbocycles. The van der Waals surface area contributed by atoms with E-state index in [9.17, 15) is 13.2 Å². The Hall–Kier alpha value is -2.05. The number of halogens is 1. The Morgan fingerprint density at radius 1 is 1.14 bits per heavy atom. The lowest BCUT2D eigenvalue weighted by atomic mass is 10.1. The number of nitrogens with two attached hydrogens (primary N) is 1. The fourth-order valence-corrected chi connectivity index (χ4v) is 3.08. The van der Waals surface area contributed by atoms with E-state index in [0.717, 1.165) is 0 Å². The van der Waals surface area contributed by atoms with Gasteiger partial charge in [0, 0.05) is 10.6 Å². The van der Waals surface area contributed by atoms with Crippen molar-refractivity contribution < 1.29 is 13.2 Å². The van der Waals surface area contributed by atoms with Gasteiger partial charge in [-0.3, -0.25) is 9.52 Å². The predicted molar refractivity (Wildman–Crippen MR) is 82.0 cm³/mol. The molecule has 21 heavy (non-hydrogen) atoms. The van der Waals surface area contributed by atoms with Crippen molar-refractivity contribution in [2.75, 3.05) is 4.72 Å². The molecule has 0 aromatic heterocycles. The van der Waals surface area contributed by atoms with Crippen LogP contribution >= 0.6 is 11.6 Å².